The maximum absolute atomic E-state index is 12.5. The molecule has 24 heavy (non-hydrogen) atoms. The van der Waals surface area contributed by atoms with Gasteiger partial charge in [0.1, 0.15) is 11.0 Å². The van der Waals surface area contributed by atoms with E-state index in [4.69, 9.17) is 11.6 Å². The van der Waals surface area contributed by atoms with Crippen LogP contribution in [0.5, 0.6) is 0 Å². The number of hydrogen-bond acceptors (Lipinski definition) is 6. The summed E-state index contributed by atoms with van der Waals surface area (Å²) in [6.07, 6.45) is 1.87. The Labute approximate surface area is 144 Å². The third-order valence-electron chi connectivity index (χ3n) is 3.80. The number of rotatable bonds is 6. The molecule has 0 radical (unpaired) electrons. The molecule has 1 heterocycles. The Hall–Kier alpha value is -2.00. The summed E-state index contributed by atoms with van der Waals surface area (Å²) in [5, 5.41) is 13.0. The van der Waals surface area contributed by atoms with Crippen LogP contribution in [-0.4, -0.2) is 39.8 Å². The molecule has 1 aromatic carbocycles. The van der Waals surface area contributed by atoms with Gasteiger partial charge in [-0.25, -0.2) is 13.1 Å². The van der Waals surface area contributed by atoms with E-state index in [9.17, 15) is 13.2 Å². The number of nitrogens with one attached hydrogen (secondary N) is 1. The van der Waals surface area contributed by atoms with Crippen molar-refractivity contribution in [2.45, 2.75) is 36.8 Å². The number of hydrogen-bond donors (Lipinski definition) is 1. The van der Waals surface area contributed by atoms with Gasteiger partial charge in [0.05, 0.1) is 6.04 Å². The van der Waals surface area contributed by atoms with Gasteiger partial charge < -0.3 is 5.32 Å². The first-order valence-electron chi connectivity index (χ1n) is 7.41. The second kappa shape index (κ2) is 6.48. The number of benzene rings is 1. The molecule has 1 aromatic heterocycles. The second-order valence-corrected chi connectivity index (χ2v) is 8.47. The highest BCUT2D eigenvalue weighted by atomic mass is 35.5. The number of amides is 1. The van der Waals surface area contributed by atoms with Crippen LogP contribution in [0.4, 0.5) is 5.69 Å². The quantitative estimate of drug-likeness (QED) is 0.828. The van der Waals surface area contributed by atoms with Crippen LogP contribution in [0.15, 0.2) is 24.3 Å². The fourth-order valence-electron chi connectivity index (χ4n) is 2.16. The molecule has 8 nitrogen and oxygen atoms in total. The molecule has 1 saturated carbocycles. The molecule has 1 aliphatic carbocycles. The SMILES string of the molecule is C[C@H](C(=O)Nc1ccc(Cl)cc1)S(=O)(=O)Cc1nnnn1C1CC1. The van der Waals surface area contributed by atoms with Gasteiger partial charge in [0.25, 0.3) is 0 Å². The topological polar surface area (TPSA) is 107 Å². The molecule has 0 spiro atoms. The van der Waals surface area contributed by atoms with Crippen LogP contribution in [0.25, 0.3) is 0 Å². The highest BCUT2D eigenvalue weighted by Gasteiger charge is 2.33. The zero-order valence-corrected chi connectivity index (χ0v) is 14.5. The number of halogens is 1. The lowest BCUT2D eigenvalue weighted by atomic mass is 10.3. The number of nitrogens with zero attached hydrogens (tertiary/aromatic N) is 4. The molecule has 0 bridgehead atoms. The minimum Gasteiger partial charge on any atom is -0.325 e. The summed E-state index contributed by atoms with van der Waals surface area (Å²) in [5.41, 5.74) is 0.481. The molecule has 1 fully saturated rings. The lowest BCUT2D eigenvalue weighted by Gasteiger charge is -2.13. The lowest BCUT2D eigenvalue weighted by molar-refractivity contribution is -0.115. The summed E-state index contributed by atoms with van der Waals surface area (Å²) in [6.45, 7) is 1.35. The van der Waals surface area contributed by atoms with Gasteiger partial charge in [-0.3, -0.25) is 4.79 Å². The van der Waals surface area contributed by atoms with E-state index >= 15 is 0 Å². The van der Waals surface area contributed by atoms with Gasteiger partial charge in [-0.1, -0.05) is 11.6 Å². The standard InChI is InChI=1S/C14H16ClN5O3S/c1-9(14(21)16-11-4-2-10(15)3-5-11)24(22,23)8-13-17-18-19-20(13)12-6-7-12/h2-5,9,12H,6-8H2,1H3,(H,16,21)/t9-/m1/s1. The van der Waals surface area contributed by atoms with Crippen LogP contribution in [0, 0.1) is 0 Å². The largest absolute Gasteiger partial charge is 0.325 e. The van der Waals surface area contributed by atoms with Gasteiger partial charge in [0.15, 0.2) is 15.7 Å². The van der Waals surface area contributed by atoms with Crippen molar-refractivity contribution in [3.05, 3.63) is 35.1 Å². The third-order valence-corrected chi connectivity index (χ3v) is 6.01. The van der Waals surface area contributed by atoms with Crippen molar-refractivity contribution in [1.29, 1.82) is 0 Å². The number of aromatic nitrogens is 4. The Bertz CT molecular complexity index is 846. The van der Waals surface area contributed by atoms with E-state index < -0.39 is 21.0 Å². The van der Waals surface area contributed by atoms with Crippen molar-refractivity contribution >= 4 is 33.0 Å². The molecule has 0 aliphatic heterocycles. The maximum Gasteiger partial charge on any atom is 0.242 e. The molecule has 1 amide bonds. The van der Waals surface area contributed by atoms with E-state index in [2.05, 4.69) is 20.8 Å². The molecule has 128 valence electrons. The Morgan fingerprint density at radius 2 is 2.04 bits per heavy atom. The van der Waals surface area contributed by atoms with Crippen molar-refractivity contribution in [1.82, 2.24) is 20.2 Å². The average molecular weight is 370 g/mol. The van der Waals surface area contributed by atoms with Crippen molar-refractivity contribution in [3.8, 4) is 0 Å². The molecule has 1 aliphatic rings. The normalized spacial score (nSPS) is 15.9. The van der Waals surface area contributed by atoms with Gasteiger partial charge in [-0.05, 0) is 54.5 Å². The van der Waals surface area contributed by atoms with E-state index in [1.165, 1.54) is 11.6 Å². The Kier molecular flexibility index (Phi) is 4.55. The summed E-state index contributed by atoms with van der Waals surface area (Å²) in [7, 11) is -3.74. The van der Waals surface area contributed by atoms with Crippen LogP contribution in [0.3, 0.4) is 0 Å². The van der Waals surface area contributed by atoms with Gasteiger partial charge in [0.2, 0.25) is 5.91 Å². The van der Waals surface area contributed by atoms with Crippen LogP contribution in [0.1, 0.15) is 31.6 Å². The van der Waals surface area contributed by atoms with Crippen LogP contribution < -0.4 is 5.32 Å². The van der Waals surface area contributed by atoms with Crippen LogP contribution in [-0.2, 0) is 20.4 Å². The first-order valence-corrected chi connectivity index (χ1v) is 9.51. The minimum absolute atomic E-state index is 0.170. The molecule has 1 N–H and O–H groups in total. The van der Waals surface area contributed by atoms with E-state index in [-0.39, 0.29) is 17.6 Å². The van der Waals surface area contributed by atoms with Gasteiger partial charge in [-0.15, -0.1) is 5.10 Å². The van der Waals surface area contributed by atoms with E-state index in [1.807, 2.05) is 0 Å². The van der Waals surface area contributed by atoms with Crippen molar-refractivity contribution < 1.29 is 13.2 Å². The molecule has 1 atom stereocenters. The summed E-state index contributed by atoms with van der Waals surface area (Å²) in [6, 6.07) is 6.60. The first kappa shape index (κ1) is 16.8. The maximum atomic E-state index is 12.5. The Balaban J connectivity index is 1.69. The molecule has 2 aromatic rings. The van der Waals surface area contributed by atoms with Crippen LogP contribution in [0.2, 0.25) is 5.02 Å². The van der Waals surface area contributed by atoms with Crippen molar-refractivity contribution in [2.75, 3.05) is 5.32 Å². The zero-order chi connectivity index (χ0) is 17.3. The molecule has 3 rings (SSSR count). The van der Waals surface area contributed by atoms with Crippen molar-refractivity contribution in [2.24, 2.45) is 0 Å². The number of anilines is 1. The predicted octanol–water partition coefficient (Wildman–Crippen LogP) is 1.60. The molecule has 10 heteroatoms. The second-order valence-electron chi connectivity index (χ2n) is 5.72. The summed E-state index contributed by atoms with van der Waals surface area (Å²) in [5.74, 6) is -0.711. The highest BCUT2D eigenvalue weighted by Crippen LogP contribution is 2.34. The molecular weight excluding hydrogens is 354 g/mol. The number of sulfone groups is 1. The van der Waals surface area contributed by atoms with E-state index in [1.54, 1.807) is 24.3 Å². The number of carbonyl (C=O) groups excluding carboxylic acids is 1. The average Bonchev–Trinajstić information content (AvgIpc) is 3.29. The Morgan fingerprint density at radius 1 is 1.38 bits per heavy atom. The fourth-order valence-corrected chi connectivity index (χ4v) is 3.47. The van der Waals surface area contributed by atoms with E-state index in [0.29, 0.717) is 10.7 Å². The predicted molar refractivity (Wildman–Crippen MR) is 88.3 cm³/mol. The van der Waals surface area contributed by atoms with Gasteiger partial charge in [0, 0.05) is 10.7 Å². The van der Waals surface area contributed by atoms with Crippen LogP contribution >= 0.6 is 11.6 Å². The fraction of sp³-hybridized carbons (Fsp3) is 0.429. The van der Waals surface area contributed by atoms with Gasteiger partial charge >= 0.3 is 0 Å². The molecule has 0 unspecified atom stereocenters. The molecule has 0 saturated heterocycles. The minimum atomic E-state index is -3.74. The summed E-state index contributed by atoms with van der Waals surface area (Å²) >= 11 is 5.78. The smallest absolute Gasteiger partial charge is 0.242 e. The molecular formula is C14H16ClN5O3S. The lowest BCUT2D eigenvalue weighted by Crippen LogP contribution is -2.34. The van der Waals surface area contributed by atoms with Crippen molar-refractivity contribution in [3.63, 3.8) is 0 Å². The number of tetrazole rings is 1. The summed E-state index contributed by atoms with van der Waals surface area (Å²) in [4.78, 5) is 12.2. The van der Waals surface area contributed by atoms with E-state index in [0.717, 1.165) is 12.8 Å². The monoisotopic (exact) mass is 369 g/mol. The number of carbonyl (C=O) groups is 1. The Morgan fingerprint density at radius 3 is 2.67 bits per heavy atom. The summed E-state index contributed by atoms with van der Waals surface area (Å²) < 4.78 is 26.5. The first-order chi connectivity index (χ1) is 11.4. The zero-order valence-electron chi connectivity index (χ0n) is 12.9. The van der Waals surface area contributed by atoms with Gasteiger partial charge in [-0.2, -0.15) is 0 Å². The highest BCUT2D eigenvalue weighted by molar-refractivity contribution is 7.92. The third kappa shape index (κ3) is 3.73.